The maximum absolute atomic E-state index is 11.9. The molecule has 1 fully saturated rings. The van der Waals surface area contributed by atoms with Gasteiger partial charge in [-0.15, -0.1) is 0 Å². The molecule has 112 valence electrons. The Hall–Kier alpha value is -2.21. The number of methoxy groups -OCH3 is 1. The maximum Gasteiger partial charge on any atom is 0.229 e. The van der Waals surface area contributed by atoms with Gasteiger partial charge in [0.1, 0.15) is 0 Å². The monoisotopic (exact) mass is 290 g/mol. The number of likely N-dealkylation sites (tertiary alicyclic amines) is 1. The Balaban J connectivity index is 1.85. The van der Waals surface area contributed by atoms with Crippen LogP contribution in [0.15, 0.2) is 24.3 Å². The number of carbonyl (C=O) groups excluding carboxylic acids is 3. The van der Waals surface area contributed by atoms with E-state index < -0.39 is 0 Å². The van der Waals surface area contributed by atoms with Crippen LogP contribution in [0.25, 0.3) is 0 Å². The number of amides is 3. The fourth-order valence-electron chi connectivity index (χ4n) is 2.21. The molecule has 1 saturated heterocycles. The van der Waals surface area contributed by atoms with Crippen LogP contribution in [0, 0.1) is 0 Å². The lowest BCUT2D eigenvalue weighted by Gasteiger charge is -2.13. The molecular formula is C15H18N2O4. The van der Waals surface area contributed by atoms with Gasteiger partial charge in [-0.3, -0.25) is 19.3 Å². The normalized spacial score (nSPS) is 14.6. The van der Waals surface area contributed by atoms with Crippen LogP contribution in [-0.4, -0.2) is 36.3 Å². The van der Waals surface area contributed by atoms with Crippen molar-refractivity contribution in [2.75, 3.05) is 19.0 Å². The molecule has 1 N–H and O–H groups in total. The predicted octanol–water partition coefficient (Wildman–Crippen LogP) is 1.31. The van der Waals surface area contributed by atoms with E-state index in [2.05, 4.69) is 5.32 Å². The van der Waals surface area contributed by atoms with Crippen LogP contribution in [0.1, 0.15) is 24.8 Å². The Bertz CT molecular complexity index is 540. The van der Waals surface area contributed by atoms with Crippen molar-refractivity contribution in [2.45, 2.75) is 25.9 Å². The SMILES string of the molecule is COCc1cccc(NC(=O)CCN2C(=O)CCC2=O)c1. The first-order chi connectivity index (χ1) is 10.1. The number of hydrogen-bond donors (Lipinski definition) is 1. The number of anilines is 1. The molecule has 3 amide bonds. The molecule has 0 bridgehead atoms. The molecule has 0 spiro atoms. The van der Waals surface area contributed by atoms with Gasteiger partial charge < -0.3 is 10.1 Å². The molecule has 6 nitrogen and oxygen atoms in total. The number of ether oxygens (including phenoxy) is 1. The highest BCUT2D eigenvalue weighted by molar-refractivity contribution is 6.02. The number of hydrogen-bond acceptors (Lipinski definition) is 4. The number of nitrogens with zero attached hydrogens (tertiary/aromatic N) is 1. The molecule has 6 heteroatoms. The minimum atomic E-state index is -0.225. The third-order valence-electron chi connectivity index (χ3n) is 3.24. The van der Waals surface area contributed by atoms with Crippen LogP contribution in [0.5, 0.6) is 0 Å². The maximum atomic E-state index is 11.9. The molecule has 1 aliphatic heterocycles. The van der Waals surface area contributed by atoms with Gasteiger partial charge in [-0.25, -0.2) is 0 Å². The average molecular weight is 290 g/mol. The number of nitrogens with one attached hydrogen (secondary N) is 1. The first-order valence-electron chi connectivity index (χ1n) is 6.81. The molecule has 0 unspecified atom stereocenters. The van der Waals surface area contributed by atoms with E-state index in [1.54, 1.807) is 13.2 Å². The summed E-state index contributed by atoms with van der Waals surface area (Å²) in [5.74, 6) is -0.623. The van der Waals surface area contributed by atoms with Crippen LogP contribution in [0.4, 0.5) is 5.69 Å². The first-order valence-corrected chi connectivity index (χ1v) is 6.81. The van der Waals surface area contributed by atoms with E-state index in [4.69, 9.17) is 4.74 Å². The molecule has 1 aromatic carbocycles. The van der Waals surface area contributed by atoms with Crippen molar-refractivity contribution < 1.29 is 19.1 Å². The van der Waals surface area contributed by atoms with Crippen molar-refractivity contribution in [3.63, 3.8) is 0 Å². The van der Waals surface area contributed by atoms with Crippen molar-refractivity contribution in [1.82, 2.24) is 4.90 Å². The van der Waals surface area contributed by atoms with Gasteiger partial charge in [-0.2, -0.15) is 0 Å². The minimum Gasteiger partial charge on any atom is -0.380 e. The smallest absolute Gasteiger partial charge is 0.229 e. The summed E-state index contributed by atoms with van der Waals surface area (Å²) in [6.45, 7) is 0.613. The van der Waals surface area contributed by atoms with Gasteiger partial charge in [0.15, 0.2) is 0 Å². The Labute approximate surface area is 123 Å². The molecule has 2 rings (SSSR count). The molecular weight excluding hydrogens is 272 g/mol. The van der Waals surface area contributed by atoms with E-state index in [1.165, 1.54) is 0 Å². The predicted molar refractivity (Wildman–Crippen MR) is 76.4 cm³/mol. The molecule has 0 radical (unpaired) electrons. The number of imide groups is 1. The van der Waals surface area contributed by atoms with Gasteiger partial charge in [-0.1, -0.05) is 12.1 Å². The summed E-state index contributed by atoms with van der Waals surface area (Å²) in [5.41, 5.74) is 1.63. The van der Waals surface area contributed by atoms with Crippen LogP contribution < -0.4 is 5.32 Å². The summed E-state index contributed by atoms with van der Waals surface area (Å²) in [6.07, 6.45) is 0.602. The van der Waals surface area contributed by atoms with Crippen LogP contribution >= 0.6 is 0 Å². The lowest BCUT2D eigenvalue weighted by Crippen LogP contribution is -2.32. The Morgan fingerprint density at radius 3 is 2.67 bits per heavy atom. The number of rotatable bonds is 6. The van der Waals surface area contributed by atoms with E-state index in [-0.39, 0.29) is 43.5 Å². The highest BCUT2D eigenvalue weighted by atomic mass is 16.5. The molecule has 1 aromatic rings. The highest BCUT2D eigenvalue weighted by Crippen LogP contribution is 2.14. The van der Waals surface area contributed by atoms with Gasteiger partial charge >= 0.3 is 0 Å². The van der Waals surface area contributed by atoms with E-state index in [9.17, 15) is 14.4 Å². The van der Waals surface area contributed by atoms with Crippen molar-refractivity contribution in [1.29, 1.82) is 0 Å². The molecule has 1 heterocycles. The molecule has 0 atom stereocenters. The van der Waals surface area contributed by atoms with Crippen LogP contribution in [0.2, 0.25) is 0 Å². The summed E-state index contributed by atoms with van der Waals surface area (Å²) in [4.78, 5) is 35.9. The van der Waals surface area contributed by atoms with Crippen molar-refractivity contribution in [2.24, 2.45) is 0 Å². The van der Waals surface area contributed by atoms with E-state index in [0.29, 0.717) is 12.3 Å². The zero-order chi connectivity index (χ0) is 15.2. The topological polar surface area (TPSA) is 75.7 Å². The van der Waals surface area contributed by atoms with Gasteiger partial charge in [0, 0.05) is 38.6 Å². The van der Waals surface area contributed by atoms with E-state index >= 15 is 0 Å². The Morgan fingerprint density at radius 1 is 1.29 bits per heavy atom. The van der Waals surface area contributed by atoms with E-state index in [0.717, 1.165) is 10.5 Å². The summed E-state index contributed by atoms with van der Waals surface area (Å²) in [5, 5.41) is 2.75. The Morgan fingerprint density at radius 2 is 2.00 bits per heavy atom. The fraction of sp³-hybridized carbons (Fsp3) is 0.400. The second-order valence-electron chi connectivity index (χ2n) is 4.87. The fourth-order valence-corrected chi connectivity index (χ4v) is 2.21. The molecule has 0 saturated carbocycles. The third kappa shape index (κ3) is 4.13. The number of benzene rings is 1. The summed E-state index contributed by atoms with van der Waals surface area (Å²) >= 11 is 0. The summed E-state index contributed by atoms with van der Waals surface area (Å²) < 4.78 is 5.03. The largest absolute Gasteiger partial charge is 0.380 e. The first kappa shape index (κ1) is 15.2. The van der Waals surface area contributed by atoms with Crippen LogP contribution in [-0.2, 0) is 25.7 Å². The van der Waals surface area contributed by atoms with Gasteiger partial charge in [-0.05, 0) is 17.7 Å². The van der Waals surface area contributed by atoms with Gasteiger partial charge in [0.25, 0.3) is 0 Å². The molecule has 1 aliphatic rings. The second-order valence-corrected chi connectivity index (χ2v) is 4.87. The highest BCUT2D eigenvalue weighted by Gasteiger charge is 2.28. The third-order valence-corrected chi connectivity index (χ3v) is 3.24. The zero-order valence-corrected chi connectivity index (χ0v) is 11.9. The van der Waals surface area contributed by atoms with Crippen molar-refractivity contribution in [3.05, 3.63) is 29.8 Å². The standard InChI is InChI=1S/C15H18N2O4/c1-21-10-11-3-2-4-12(9-11)16-13(18)7-8-17-14(19)5-6-15(17)20/h2-4,9H,5-8,10H2,1H3,(H,16,18). The summed E-state index contributed by atoms with van der Waals surface area (Å²) in [6, 6.07) is 7.34. The second kappa shape index (κ2) is 6.99. The lowest BCUT2D eigenvalue weighted by atomic mass is 10.2. The number of carbonyl (C=O) groups is 3. The molecule has 21 heavy (non-hydrogen) atoms. The van der Waals surface area contributed by atoms with E-state index in [1.807, 2.05) is 18.2 Å². The summed E-state index contributed by atoms with van der Waals surface area (Å²) in [7, 11) is 1.61. The molecule has 0 aromatic heterocycles. The van der Waals surface area contributed by atoms with Gasteiger partial charge in [0.05, 0.1) is 6.61 Å². The minimum absolute atomic E-state index is 0.103. The lowest BCUT2D eigenvalue weighted by molar-refractivity contribution is -0.138. The van der Waals surface area contributed by atoms with Crippen molar-refractivity contribution in [3.8, 4) is 0 Å². The average Bonchev–Trinajstić information content (AvgIpc) is 2.77. The molecule has 0 aliphatic carbocycles. The van der Waals surface area contributed by atoms with Crippen LogP contribution in [0.3, 0.4) is 0 Å². The Kier molecular flexibility index (Phi) is 5.05. The quantitative estimate of drug-likeness (QED) is 0.801. The zero-order valence-electron chi connectivity index (χ0n) is 11.9. The van der Waals surface area contributed by atoms with Gasteiger partial charge in [0.2, 0.25) is 17.7 Å². The van der Waals surface area contributed by atoms with Crippen molar-refractivity contribution >= 4 is 23.4 Å².